The number of halogens is 9. The fourth-order valence-electron chi connectivity index (χ4n) is 15.4. The first kappa shape index (κ1) is 97.9. The van der Waals surface area contributed by atoms with Crippen molar-refractivity contribution in [2.24, 2.45) is 41.4 Å². The predicted octanol–water partition coefficient (Wildman–Crippen LogP) is 3.83. The van der Waals surface area contributed by atoms with Gasteiger partial charge in [0.25, 0.3) is 22.2 Å². The van der Waals surface area contributed by atoms with Gasteiger partial charge in [0, 0.05) is 100 Å². The highest BCUT2D eigenvalue weighted by atomic mass is 19.4. The van der Waals surface area contributed by atoms with Crippen molar-refractivity contribution >= 4 is 110 Å². The number of amides is 3. The molecule has 54 heteroatoms. The van der Waals surface area contributed by atoms with Crippen LogP contribution in [0.5, 0.6) is 0 Å². The van der Waals surface area contributed by atoms with Gasteiger partial charge in [-0.1, -0.05) is 27.7 Å². The van der Waals surface area contributed by atoms with Gasteiger partial charge in [-0.2, -0.15) is 59.4 Å². The van der Waals surface area contributed by atoms with Gasteiger partial charge < -0.3 is 53.8 Å². The third-order valence-corrected chi connectivity index (χ3v) is 22.5. The lowest BCUT2D eigenvalue weighted by molar-refractivity contribution is -0.237. The van der Waals surface area contributed by atoms with Gasteiger partial charge in [-0.05, 0) is 81.0 Å². The number of nitrogens with two attached hydrogens (primary N) is 1. The highest BCUT2D eigenvalue weighted by Crippen LogP contribution is 2.45. The summed E-state index contributed by atoms with van der Waals surface area (Å²) < 4.78 is 169. The summed E-state index contributed by atoms with van der Waals surface area (Å²) in [6.07, 6.45) is -24.5. The zero-order valence-corrected chi connectivity index (χ0v) is 72.0. The number of hydrogen-bond donors (Lipinski definition) is 11. The first-order valence-corrected chi connectivity index (χ1v) is 41.7. The molecule has 8 aliphatic rings. The van der Waals surface area contributed by atoms with Crippen molar-refractivity contribution in [3.63, 3.8) is 0 Å². The van der Waals surface area contributed by atoms with Crippen LogP contribution in [0.1, 0.15) is 172 Å². The Kier molecular flexibility index (Phi) is 28.9. The summed E-state index contributed by atoms with van der Waals surface area (Å²) in [4.78, 5) is 209. The van der Waals surface area contributed by atoms with E-state index in [9.17, 15) is 122 Å². The zero-order valence-electron chi connectivity index (χ0n) is 72.0. The van der Waals surface area contributed by atoms with Crippen LogP contribution in [0.4, 0.5) is 63.3 Å². The average Bonchev–Trinajstić information content (AvgIpc) is 1.58. The smallest absolute Gasteiger partial charge is 0.416 e. The van der Waals surface area contributed by atoms with Crippen molar-refractivity contribution in [2.45, 2.75) is 278 Å². The van der Waals surface area contributed by atoms with Crippen molar-refractivity contribution < 1.29 is 121 Å². The molecule has 12 heterocycles. The standard InChI is InChI=1S/2C20H24F3N5O6.C15H18F3N5O5.C11H13N5O3.C11H18O5/c2*1-8(20(21,22)23)12-6-13(33-10(3)30)17(34-12)28-15-14(27(19(28)32)7-11-4-5-11)16(31)26-18(25-15)24-9(2)29;16-15(17,18)9(25)7-3-6(24)12(28-7)23-10-8(11(26)21-13(19)20-10)22(14(23)27)4-5-1-2-5;1-5(17)12-10-13-8-7(9(18)15-10)16(11(19)14-8)4-6-2-3-6;1-6(2)9-5-10(14-7(3)12)11(16-9)15-8(4)13/h2*8,11-13,17H,4-7H2,1-3H3,(H2,24,25,26,29,31);5-7,9,12,24-25H,1-4H2,(H3,19,20,21,26);6H,2-4H2,1H3,(H3,12,13,14,15,17,18,19);6,9-11H,5H2,1-4H3/t8-,12+,13-,17-;8-,12-,13+,17+;6-,7+,9-,12-;;9-,10+,11+/m101.0/s1. The molecule has 4 saturated heterocycles. The molecule has 0 bridgehead atoms. The number of rotatable bonds is 22. The summed E-state index contributed by atoms with van der Waals surface area (Å²) in [5, 5.41) is 26.7. The Hall–Kier alpha value is -12.2. The average molecular weight is 1870 g/mol. The molecule has 15 atom stereocenters. The SMILES string of the molecule is CC(=O)Nc1nc2[nH]c(=O)n(CC3CC3)c2c(=O)[nH]1.CC(=O)Nc1nc2c(c(=O)[nH]1)n(CC1CC1)c(=O)n2[C@@H]1O[C@H]([C@@H](C)C(F)(F)F)C[C@H]1OC(C)=O.CC(=O)Nc1nc2c(c(=O)[nH]1)n(CC1CC1)c(=O)n2[C@@H]1O[C@H]([C@H](C)C(F)(F)F)C[C@H]1OC(C)=O.CC(=O)O[C@@H]1O[C@H](C(C)C)C[C@H]1OC(C)=O.Nc1nc2c(c(=O)[nH]1)n(CC1CC1)c(=O)n2[C@@H]1O[C@H]([C@@H](O)C(F)(F)F)C[C@H]1O. The number of aliphatic hydroxyl groups excluding tert-OH is 2. The lowest BCUT2D eigenvalue weighted by Crippen LogP contribution is -2.40. The minimum absolute atomic E-state index is 0.0322. The van der Waals surface area contributed by atoms with E-state index in [0.29, 0.717) is 24.8 Å². The largest absolute Gasteiger partial charge is 0.458 e. The monoisotopic (exact) mass is 1870 g/mol. The van der Waals surface area contributed by atoms with Gasteiger partial charge in [0.2, 0.25) is 47.8 Å². The van der Waals surface area contributed by atoms with Crippen LogP contribution >= 0.6 is 0 Å². The maximum absolute atomic E-state index is 13.4. The number of ether oxygens (including phenoxy) is 8. The molecule has 16 rings (SSSR count). The Morgan fingerprint density at radius 3 is 1.12 bits per heavy atom. The number of H-pyrrole nitrogens is 5. The molecule has 8 fully saturated rings. The van der Waals surface area contributed by atoms with Gasteiger partial charge in [0.15, 0.2) is 75.5 Å². The summed E-state index contributed by atoms with van der Waals surface area (Å²) in [6.45, 7) is 15.6. The molecule has 12 N–H and O–H groups in total. The summed E-state index contributed by atoms with van der Waals surface area (Å²) in [7, 11) is 0. The second-order valence-corrected chi connectivity index (χ2v) is 33.7. The number of esters is 4. The number of alkyl halides is 9. The van der Waals surface area contributed by atoms with E-state index < -0.39 is 186 Å². The van der Waals surface area contributed by atoms with Crippen molar-refractivity contribution in [3.05, 3.63) is 83.4 Å². The molecule has 0 aromatic carbocycles. The Labute approximate surface area is 729 Å². The predicted molar refractivity (Wildman–Crippen MR) is 434 cm³/mol. The van der Waals surface area contributed by atoms with Gasteiger partial charge in [0.05, 0.1) is 36.3 Å². The van der Waals surface area contributed by atoms with E-state index in [1.165, 1.54) is 52.9 Å². The van der Waals surface area contributed by atoms with E-state index >= 15 is 0 Å². The molecule has 4 aliphatic carbocycles. The van der Waals surface area contributed by atoms with Gasteiger partial charge in [0.1, 0.15) is 18.3 Å². The molecule has 4 saturated carbocycles. The van der Waals surface area contributed by atoms with Crippen LogP contribution in [0, 0.1) is 41.4 Å². The van der Waals surface area contributed by atoms with E-state index in [1.807, 2.05) is 13.8 Å². The van der Waals surface area contributed by atoms with Crippen LogP contribution in [0.15, 0.2) is 38.4 Å². The molecule has 3 amide bonds. The quantitative estimate of drug-likeness (QED) is 0.0261. The topological polar surface area (TPSA) is 597 Å². The molecule has 45 nitrogen and oxygen atoms in total. The molecular weight excluding hydrogens is 1780 g/mol. The van der Waals surface area contributed by atoms with Gasteiger partial charge >= 0.3 is 65.2 Å². The van der Waals surface area contributed by atoms with Crippen molar-refractivity contribution in [2.75, 3.05) is 21.7 Å². The molecule has 0 radical (unpaired) electrons. The number of aromatic amines is 5. The van der Waals surface area contributed by atoms with Gasteiger partial charge in [-0.15, -0.1) is 0 Å². The third kappa shape index (κ3) is 23.1. The van der Waals surface area contributed by atoms with E-state index in [4.69, 9.17) is 43.6 Å². The molecule has 0 unspecified atom stereocenters. The number of fused-ring (bicyclic) bond motifs is 4. The van der Waals surface area contributed by atoms with Crippen molar-refractivity contribution in [1.29, 1.82) is 0 Å². The van der Waals surface area contributed by atoms with Gasteiger partial charge in [-0.25, -0.2) is 32.9 Å². The second-order valence-electron chi connectivity index (χ2n) is 33.7. The maximum atomic E-state index is 13.4. The number of imidazole rings is 4. The lowest BCUT2D eigenvalue weighted by atomic mass is 10.0. The van der Waals surface area contributed by atoms with Crippen LogP contribution in [-0.4, -0.2) is 208 Å². The van der Waals surface area contributed by atoms with E-state index in [1.54, 1.807) is 0 Å². The van der Waals surface area contributed by atoms with Crippen LogP contribution in [-0.2, 0) is 97.6 Å². The third-order valence-electron chi connectivity index (χ3n) is 22.5. The molecule has 131 heavy (non-hydrogen) atoms. The summed E-state index contributed by atoms with van der Waals surface area (Å²) in [5.41, 5.74) is -0.0439. The van der Waals surface area contributed by atoms with Crippen molar-refractivity contribution in [1.82, 2.24) is 76.8 Å². The summed E-state index contributed by atoms with van der Waals surface area (Å²) in [5.74, 6) is -7.07. The Morgan fingerprint density at radius 1 is 0.427 bits per heavy atom. The number of carbonyl (C=O) groups is 7. The molecule has 8 aromatic rings. The highest BCUT2D eigenvalue weighted by Gasteiger charge is 2.55. The number of nitrogens with zero attached hydrogens (tertiary/aromatic N) is 11. The first-order chi connectivity index (χ1) is 61.2. The molecule has 0 spiro atoms. The second kappa shape index (κ2) is 38.7. The van der Waals surface area contributed by atoms with Crippen LogP contribution in [0.3, 0.4) is 0 Å². The van der Waals surface area contributed by atoms with Gasteiger partial charge in [-0.3, -0.25) is 112 Å². The molecule has 4 aliphatic heterocycles. The summed E-state index contributed by atoms with van der Waals surface area (Å²) in [6, 6.07) is 0. The molecule has 8 aromatic heterocycles. The lowest BCUT2D eigenvalue weighted by Gasteiger charge is -2.22. The van der Waals surface area contributed by atoms with Crippen LogP contribution in [0.25, 0.3) is 44.7 Å². The number of nitrogens with one attached hydrogen (secondary N) is 8. The van der Waals surface area contributed by atoms with E-state index in [2.05, 4.69) is 60.8 Å². The van der Waals surface area contributed by atoms with E-state index in [-0.39, 0.29) is 136 Å². The Bertz CT molecular complexity index is 5980. The fraction of sp³-hybridized carbons (Fsp3) is 0.649. The highest BCUT2D eigenvalue weighted by molar-refractivity contribution is 5.89. The number of anilines is 4. The normalized spacial score (nSPS) is 23.8. The molecular formula is C77H97F9N20O25. The zero-order chi connectivity index (χ0) is 96.1. The van der Waals surface area contributed by atoms with E-state index in [0.717, 1.165) is 92.8 Å². The number of hydrogen-bond acceptors (Lipinski definition) is 30. The number of aliphatic hydroxyl groups is 2. The molecule has 718 valence electrons. The first-order valence-electron chi connectivity index (χ1n) is 41.7. The number of nitrogen functional groups attached to an aromatic ring is 1. The summed E-state index contributed by atoms with van der Waals surface area (Å²) >= 11 is 0. The maximum Gasteiger partial charge on any atom is 0.416 e. The minimum atomic E-state index is -4.95. The fourth-order valence-corrected chi connectivity index (χ4v) is 15.4. The van der Waals surface area contributed by atoms with Crippen molar-refractivity contribution in [3.8, 4) is 0 Å². The van der Waals surface area contributed by atoms with Crippen LogP contribution < -0.4 is 66.7 Å². The Morgan fingerprint density at radius 2 is 0.763 bits per heavy atom. The van der Waals surface area contributed by atoms with Crippen LogP contribution in [0.2, 0.25) is 0 Å². The Balaban J connectivity index is 0.000000152. The minimum Gasteiger partial charge on any atom is -0.458 e. The number of carbonyl (C=O) groups excluding carboxylic acids is 7. The number of aromatic nitrogens is 16.